The standard InChI is InChI=1S/C27H22N2O5S/c30-26(22-9-5-15-32-22)28-25-13-12-24(35-25)27(31)29(14-4-8-19-6-2-1-3-7-19)20-10-11-21-23(18-20)34-17-16-33-21/h1-13,15,18H,14,16-17H2,(H,28,30)/b8-4+. The van der Waals surface area contributed by atoms with Crippen LogP contribution in [0, 0.1) is 0 Å². The fourth-order valence-electron chi connectivity index (χ4n) is 3.60. The number of ether oxygens (including phenoxy) is 2. The van der Waals surface area contributed by atoms with Crippen molar-refractivity contribution in [1.29, 1.82) is 0 Å². The van der Waals surface area contributed by atoms with Gasteiger partial charge in [-0.3, -0.25) is 9.59 Å². The van der Waals surface area contributed by atoms with Gasteiger partial charge in [0.2, 0.25) is 0 Å². The highest BCUT2D eigenvalue weighted by atomic mass is 32.1. The maximum atomic E-state index is 13.6. The van der Waals surface area contributed by atoms with Crippen LogP contribution in [0.1, 0.15) is 25.8 Å². The van der Waals surface area contributed by atoms with Crippen LogP contribution in [0.25, 0.3) is 6.08 Å². The van der Waals surface area contributed by atoms with Crippen molar-refractivity contribution >= 4 is 39.9 Å². The Morgan fingerprint density at radius 3 is 2.57 bits per heavy atom. The van der Waals surface area contributed by atoms with Crippen LogP contribution in [0.3, 0.4) is 0 Å². The van der Waals surface area contributed by atoms with E-state index >= 15 is 0 Å². The number of hydrogen-bond donors (Lipinski definition) is 1. The zero-order valence-electron chi connectivity index (χ0n) is 18.7. The second-order valence-electron chi connectivity index (χ2n) is 7.65. The third-order valence-electron chi connectivity index (χ3n) is 5.28. The summed E-state index contributed by atoms with van der Waals surface area (Å²) in [6, 6.07) is 22.0. The first-order chi connectivity index (χ1) is 17.2. The summed E-state index contributed by atoms with van der Waals surface area (Å²) in [5.41, 5.74) is 1.73. The van der Waals surface area contributed by atoms with Crippen molar-refractivity contribution in [2.75, 3.05) is 30.0 Å². The fraction of sp³-hybridized carbons (Fsp3) is 0.111. The molecule has 5 rings (SSSR count). The largest absolute Gasteiger partial charge is 0.486 e. The number of anilines is 2. The van der Waals surface area contributed by atoms with E-state index in [0.717, 1.165) is 5.56 Å². The third kappa shape index (κ3) is 5.28. The van der Waals surface area contributed by atoms with Gasteiger partial charge in [-0.15, -0.1) is 11.3 Å². The van der Waals surface area contributed by atoms with Gasteiger partial charge in [0, 0.05) is 18.3 Å². The molecule has 0 saturated heterocycles. The minimum Gasteiger partial charge on any atom is -0.486 e. The van der Waals surface area contributed by atoms with Crippen molar-refractivity contribution in [1.82, 2.24) is 0 Å². The predicted octanol–water partition coefficient (Wildman–Crippen LogP) is 5.72. The maximum Gasteiger partial charge on any atom is 0.291 e. The van der Waals surface area contributed by atoms with E-state index in [1.807, 2.05) is 60.7 Å². The first-order valence-electron chi connectivity index (χ1n) is 11.1. The summed E-state index contributed by atoms with van der Waals surface area (Å²) in [6.07, 6.45) is 5.35. The minimum atomic E-state index is -0.370. The second kappa shape index (κ2) is 10.3. The third-order valence-corrected chi connectivity index (χ3v) is 6.27. The Balaban J connectivity index is 1.39. The molecule has 2 amide bonds. The van der Waals surface area contributed by atoms with Crippen LogP contribution in [0.15, 0.2) is 89.6 Å². The summed E-state index contributed by atoms with van der Waals surface area (Å²) in [4.78, 5) is 28.0. The van der Waals surface area contributed by atoms with Crippen molar-refractivity contribution in [2.45, 2.75) is 0 Å². The van der Waals surface area contributed by atoms with Crippen molar-refractivity contribution in [3.8, 4) is 11.5 Å². The Labute approximate surface area is 206 Å². The zero-order chi connectivity index (χ0) is 24.0. The molecule has 1 aliphatic heterocycles. The predicted molar refractivity (Wildman–Crippen MR) is 136 cm³/mol. The van der Waals surface area contributed by atoms with E-state index in [-0.39, 0.29) is 17.6 Å². The molecule has 2 aromatic heterocycles. The summed E-state index contributed by atoms with van der Waals surface area (Å²) >= 11 is 1.20. The lowest BCUT2D eigenvalue weighted by atomic mass is 10.2. The van der Waals surface area contributed by atoms with Crippen molar-refractivity contribution in [3.05, 3.63) is 101 Å². The molecule has 35 heavy (non-hydrogen) atoms. The van der Waals surface area contributed by atoms with Gasteiger partial charge in [0.25, 0.3) is 11.8 Å². The van der Waals surface area contributed by atoms with Crippen molar-refractivity contribution in [2.24, 2.45) is 0 Å². The molecule has 1 aliphatic rings. The van der Waals surface area contributed by atoms with Crippen LogP contribution >= 0.6 is 11.3 Å². The lowest BCUT2D eigenvalue weighted by Crippen LogP contribution is -2.30. The highest BCUT2D eigenvalue weighted by Gasteiger charge is 2.22. The summed E-state index contributed by atoms with van der Waals surface area (Å²) in [6.45, 7) is 1.30. The molecule has 0 aliphatic carbocycles. The number of furan rings is 1. The van der Waals surface area contributed by atoms with E-state index in [0.29, 0.717) is 46.8 Å². The maximum absolute atomic E-state index is 13.6. The van der Waals surface area contributed by atoms with Crippen LogP contribution in [0.5, 0.6) is 11.5 Å². The molecular formula is C27H22N2O5S. The zero-order valence-corrected chi connectivity index (χ0v) is 19.5. The average molecular weight is 487 g/mol. The van der Waals surface area contributed by atoms with E-state index in [1.165, 1.54) is 17.6 Å². The van der Waals surface area contributed by atoms with E-state index in [2.05, 4.69) is 5.32 Å². The van der Waals surface area contributed by atoms with Gasteiger partial charge in [-0.2, -0.15) is 0 Å². The second-order valence-corrected chi connectivity index (χ2v) is 8.74. The molecule has 1 N–H and O–H groups in total. The normalized spacial score (nSPS) is 12.5. The fourth-order valence-corrected chi connectivity index (χ4v) is 4.45. The summed E-state index contributed by atoms with van der Waals surface area (Å²) < 4.78 is 16.5. The SMILES string of the molecule is O=C(Nc1ccc(C(=O)N(C/C=C/c2ccccc2)c2ccc3c(c2)OCCO3)s1)c1ccco1. The number of amides is 2. The molecule has 3 heterocycles. The van der Waals surface area contributed by atoms with E-state index in [4.69, 9.17) is 13.9 Å². The average Bonchev–Trinajstić information content (AvgIpc) is 3.60. The molecule has 0 fully saturated rings. The Kier molecular flexibility index (Phi) is 6.63. The number of hydrogen-bond acceptors (Lipinski definition) is 6. The molecular weight excluding hydrogens is 464 g/mol. The van der Waals surface area contributed by atoms with Crippen LogP contribution in [0.2, 0.25) is 0 Å². The smallest absolute Gasteiger partial charge is 0.291 e. The number of fused-ring (bicyclic) bond motifs is 1. The number of carbonyl (C=O) groups excluding carboxylic acids is 2. The van der Waals surface area contributed by atoms with E-state index in [1.54, 1.807) is 29.2 Å². The molecule has 0 spiro atoms. The van der Waals surface area contributed by atoms with Gasteiger partial charge < -0.3 is 24.1 Å². The molecule has 0 unspecified atom stereocenters. The van der Waals surface area contributed by atoms with Crippen LogP contribution in [0.4, 0.5) is 10.7 Å². The molecule has 0 radical (unpaired) electrons. The van der Waals surface area contributed by atoms with Gasteiger partial charge >= 0.3 is 0 Å². The Morgan fingerprint density at radius 1 is 0.943 bits per heavy atom. The van der Waals surface area contributed by atoms with Crippen LogP contribution < -0.4 is 19.7 Å². The van der Waals surface area contributed by atoms with E-state index < -0.39 is 0 Å². The van der Waals surface area contributed by atoms with Gasteiger partial charge in [-0.25, -0.2) is 0 Å². The highest BCUT2D eigenvalue weighted by molar-refractivity contribution is 7.18. The van der Waals surface area contributed by atoms with Crippen molar-refractivity contribution < 1.29 is 23.5 Å². The first kappa shape index (κ1) is 22.5. The number of carbonyl (C=O) groups is 2. The molecule has 0 bridgehead atoms. The Bertz CT molecular complexity index is 1350. The number of thiophene rings is 1. The van der Waals surface area contributed by atoms with E-state index in [9.17, 15) is 9.59 Å². The Hall–Kier alpha value is -4.30. The van der Waals surface area contributed by atoms with Gasteiger partial charge in [0.1, 0.15) is 13.2 Å². The minimum absolute atomic E-state index is 0.192. The Morgan fingerprint density at radius 2 is 1.77 bits per heavy atom. The van der Waals surface area contributed by atoms with Gasteiger partial charge in [-0.05, 0) is 42.0 Å². The number of rotatable bonds is 7. The molecule has 4 aromatic rings. The van der Waals surface area contributed by atoms with Crippen LogP contribution in [-0.4, -0.2) is 31.6 Å². The topological polar surface area (TPSA) is 81.0 Å². The highest BCUT2D eigenvalue weighted by Crippen LogP contribution is 2.35. The molecule has 2 aromatic carbocycles. The molecule has 0 atom stereocenters. The molecule has 7 nitrogen and oxygen atoms in total. The number of nitrogens with zero attached hydrogens (tertiary/aromatic N) is 1. The van der Waals surface area contributed by atoms with Crippen molar-refractivity contribution in [3.63, 3.8) is 0 Å². The van der Waals surface area contributed by atoms with Gasteiger partial charge in [0.15, 0.2) is 17.3 Å². The van der Waals surface area contributed by atoms with Gasteiger partial charge in [0.05, 0.1) is 16.1 Å². The lowest BCUT2D eigenvalue weighted by molar-refractivity contribution is 0.0987. The number of nitrogens with one attached hydrogen (secondary N) is 1. The summed E-state index contributed by atoms with van der Waals surface area (Å²) in [7, 11) is 0. The van der Waals surface area contributed by atoms with Gasteiger partial charge in [-0.1, -0.05) is 42.5 Å². The summed E-state index contributed by atoms with van der Waals surface area (Å²) in [5.74, 6) is 0.908. The monoisotopic (exact) mass is 486 g/mol. The number of benzene rings is 2. The van der Waals surface area contributed by atoms with Crippen LogP contribution in [-0.2, 0) is 0 Å². The molecule has 8 heteroatoms. The molecule has 176 valence electrons. The molecule has 0 saturated carbocycles. The quantitative estimate of drug-likeness (QED) is 0.361. The lowest BCUT2D eigenvalue weighted by Gasteiger charge is -2.24. The first-order valence-corrected chi connectivity index (χ1v) is 11.9. The summed E-state index contributed by atoms with van der Waals surface area (Å²) in [5, 5.41) is 3.32.